The summed E-state index contributed by atoms with van der Waals surface area (Å²) in [6.07, 6.45) is 8.61. The summed E-state index contributed by atoms with van der Waals surface area (Å²) in [4.78, 5) is 31.4. The zero-order chi connectivity index (χ0) is 28.2. The van der Waals surface area contributed by atoms with E-state index < -0.39 is 5.54 Å². The predicted octanol–water partition coefficient (Wildman–Crippen LogP) is 6.97. The molecule has 4 saturated carbocycles. The summed E-state index contributed by atoms with van der Waals surface area (Å²) in [5, 5.41) is 16.2. The van der Waals surface area contributed by atoms with E-state index in [0.717, 1.165) is 50.5 Å². The minimum Gasteiger partial charge on any atom is -0.393 e. The Bertz CT molecular complexity index is 1220. The van der Waals surface area contributed by atoms with E-state index in [2.05, 4.69) is 58.8 Å². The van der Waals surface area contributed by atoms with Crippen LogP contribution in [0, 0.1) is 45.3 Å². The molecule has 0 saturated heterocycles. The first-order valence-corrected chi connectivity index (χ1v) is 16.3. The van der Waals surface area contributed by atoms with Gasteiger partial charge in [-0.15, -0.1) is 11.3 Å². The highest BCUT2D eigenvalue weighted by Crippen LogP contribution is 2.75. The number of hydrogen-bond acceptors (Lipinski definition) is 5. The summed E-state index contributed by atoms with van der Waals surface area (Å²) in [5.41, 5.74) is 4.23. The van der Waals surface area contributed by atoms with Crippen molar-refractivity contribution in [2.24, 2.45) is 45.3 Å². The second-order valence-corrected chi connectivity index (χ2v) is 16.2. The number of rotatable bonds is 3. The summed E-state index contributed by atoms with van der Waals surface area (Å²) >= 11 is 1.43. The Kier molecular flexibility index (Phi) is 6.19. The number of aromatic nitrogens is 1. The first kappa shape index (κ1) is 27.6. The van der Waals surface area contributed by atoms with Gasteiger partial charge in [0.2, 0.25) is 0 Å². The molecule has 8 atom stereocenters. The molecule has 1 aromatic heterocycles. The van der Waals surface area contributed by atoms with Gasteiger partial charge in [0.1, 0.15) is 5.69 Å². The normalized spacial score (nSPS) is 44.9. The monoisotopic (exact) mass is 552 g/mol. The summed E-state index contributed by atoms with van der Waals surface area (Å²) in [6.45, 7) is 16.6. The van der Waals surface area contributed by atoms with Crippen LogP contribution in [0.4, 0.5) is 0 Å². The Morgan fingerprint density at radius 2 is 1.74 bits per heavy atom. The number of carbonyl (C=O) groups excluding carboxylic acids is 2. The smallest absolute Gasteiger partial charge is 0.271 e. The van der Waals surface area contributed by atoms with Gasteiger partial charge >= 0.3 is 0 Å². The van der Waals surface area contributed by atoms with E-state index >= 15 is 0 Å². The molecular weight excluding hydrogens is 504 g/mol. The Morgan fingerprint density at radius 3 is 2.41 bits per heavy atom. The maximum absolute atomic E-state index is 13.7. The average molecular weight is 553 g/mol. The predicted molar refractivity (Wildman–Crippen MR) is 155 cm³/mol. The summed E-state index contributed by atoms with van der Waals surface area (Å²) in [6, 6.07) is 0. The van der Waals surface area contributed by atoms with Crippen molar-refractivity contribution in [2.45, 2.75) is 118 Å². The third-order valence-electron chi connectivity index (χ3n) is 13.4. The van der Waals surface area contributed by atoms with Gasteiger partial charge in [-0.05, 0) is 108 Å². The number of carbonyl (C=O) groups is 2. The Balaban J connectivity index is 1.42. The van der Waals surface area contributed by atoms with Crippen molar-refractivity contribution < 1.29 is 14.7 Å². The van der Waals surface area contributed by atoms with Gasteiger partial charge in [0.25, 0.3) is 5.91 Å². The molecule has 5 nitrogen and oxygen atoms in total. The molecule has 6 heteroatoms. The van der Waals surface area contributed by atoms with Crippen LogP contribution in [0.15, 0.2) is 22.0 Å². The first-order valence-electron chi connectivity index (χ1n) is 15.4. The van der Waals surface area contributed by atoms with Crippen molar-refractivity contribution in [3.63, 3.8) is 0 Å². The standard InChI is InChI=1S/C33H48N2O3S/c1-19(2)26-22(36)16-33(35-28(38)21-17-39-18-34-21)15-14-31(6)20(27(26)33)8-9-24-30(5)12-11-25(37)29(3,4)23(30)10-13-32(24,31)7/h17-20,23-25,37H,8-16H2,1-7H3,(H,35,38)/t20?,23?,24?,25-,30-,31+,32?,33?/m0/s1. The van der Waals surface area contributed by atoms with Crippen molar-refractivity contribution in [1.82, 2.24) is 10.3 Å². The maximum Gasteiger partial charge on any atom is 0.271 e. The number of nitrogens with one attached hydrogen (secondary N) is 1. The number of hydrogen-bond donors (Lipinski definition) is 2. The molecule has 1 amide bonds. The molecule has 4 fully saturated rings. The highest BCUT2D eigenvalue weighted by atomic mass is 32.1. The fraction of sp³-hybridized carbons (Fsp3) is 0.788. The third-order valence-corrected chi connectivity index (χ3v) is 14.0. The Morgan fingerprint density at radius 1 is 1.00 bits per heavy atom. The van der Waals surface area contributed by atoms with E-state index in [9.17, 15) is 14.7 Å². The first-order chi connectivity index (χ1) is 18.2. The second-order valence-electron chi connectivity index (χ2n) is 15.5. The average Bonchev–Trinajstić information content (AvgIpc) is 3.49. The molecule has 6 rings (SSSR count). The molecule has 39 heavy (non-hydrogen) atoms. The molecule has 0 bridgehead atoms. The van der Waals surface area contributed by atoms with Crippen LogP contribution in [0.5, 0.6) is 0 Å². The maximum atomic E-state index is 13.7. The lowest BCUT2D eigenvalue weighted by atomic mass is 9.33. The summed E-state index contributed by atoms with van der Waals surface area (Å²) in [7, 11) is 0. The van der Waals surface area contributed by atoms with Gasteiger partial charge in [0.05, 0.1) is 17.2 Å². The minimum absolute atomic E-state index is 0.0566. The lowest BCUT2D eigenvalue weighted by Gasteiger charge is -2.72. The fourth-order valence-electron chi connectivity index (χ4n) is 11.3. The molecule has 0 radical (unpaired) electrons. The SMILES string of the molecule is CC(C)C1=C2C3CCC4C(C)(CCC5C(C)(C)[C@@H](O)CC[C@@]54C)[C@]3(C)CCC2(NC(=O)c2cscn2)CC1=O. The molecule has 214 valence electrons. The van der Waals surface area contributed by atoms with Gasteiger partial charge in [0.15, 0.2) is 5.78 Å². The zero-order valence-corrected chi connectivity index (χ0v) is 25.8. The van der Waals surface area contributed by atoms with Crippen LogP contribution >= 0.6 is 11.3 Å². The summed E-state index contributed by atoms with van der Waals surface area (Å²) < 4.78 is 0. The Hall–Kier alpha value is -1.53. The molecule has 5 aliphatic carbocycles. The second kappa shape index (κ2) is 8.74. The number of Topliss-reactive ketones (excluding diaryl/α,β-unsaturated/α-hetero) is 1. The van der Waals surface area contributed by atoms with E-state index in [1.54, 1.807) is 10.9 Å². The van der Waals surface area contributed by atoms with Crippen LogP contribution in [-0.2, 0) is 4.79 Å². The van der Waals surface area contributed by atoms with Gasteiger partial charge in [-0.1, -0.05) is 48.5 Å². The number of ketones is 1. The van der Waals surface area contributed by atoms with Gasteiger partial charge in [-0.2, -0.15) is 0 Å². The minimum atomic E-state index is -0.581. The Labute approximate surface area is 238 Å². The van der Waals surface area contributed by atoms with E-state index in [-0.39, 0.29) is 45.4 Å². The van der Waals surface area contributed by atoms with Crippen molar-refractivity contribution in [1.29, 1.82) is 0 Å². The van der Waals surface area contributed by atoms with Crippen molar-refractivity contribution in [3.8, 4) is 0 Å². The number of aliphatic hydroxyl groups excluding tert-OH is 1. The number of thiazole rings is 1. The number of amides is 1. The van der Waals surface area contributed by atoms with E-state index in [1.807, 2.05) is 0 Å². The fourth-order valence-corrected chi connectivity index (χ4v) is 11.9. The molecule has 0 aromatic carbocycles. The molecule has 1 heterocycles. The van der Waals surface area contributed by atoms with Gasteiger partial charge in [0, 0.05) is 11.8 Å². The molecule has 0 aliphatic heterocycles. The molecular formula is C33H48N2O3S. The number of fused-ring (bicyclic) bond motifs is 7. The van der Waals surface area contributed by atoms with Crippen LogP contribution < -0.4 is 5.32 Å². The zero-order valence-electron chi connectivity index (χ0n) is 25.0. The highest BCUT2D eigenvalue weighted by Gasteiger charge is 2.70. The highest BCUT2D eigenvalue weighted by molar-refractivity contribution is 7.07. The van der Waals surface area contributed by atoms with E-state index in [4.69, 9.17) is 0 Å². The van der Waals surface area contributed by atoms with Gasteiger partial charge in [-0.25, -0.2) is 4.98 Å². The summed E-state index contributed by atoms with van der Waals surface area (Å²) in [5.74, 6) is 1.67. The molecule has 5 aliphatic rings. The lowest BCUT2D eigenvalue weighted by Crippen LogP contribution is -2.67. The molecule has 5 unspecified atom stereocenters. The van der Waals surface area contributed by atoms with Crippen molar-refractivity contribution >= 4 is 23.0 Å². The molecule has 1 aromatic rings. The van der Waals surface area contributed by atoms with Gasteiger partial charge < -0.3 is 10.4 Å². The largest absolute Gasteiger partial charge is 0.393 e. The van der Waals surface area contributed by atoms with Crippen LogP contribution in [0.3, 0.4) is 0 Å². The molecule has 0 spiro atoms. The van der Waals surface area contributed by atoms with Crippen molar-refractivity contribution in [3.05, 3.63) is 27.7 Å². The van der Waals surface area contributed by atoms with E-state index in [0.29, 0.717) is 29.9 Å². The van der Waals surface area contributed by atoms with Crippen LogP contribution in [0.25, 0.3) is 0 Å². The van der Waals surface area contributed by atoms with Crippen molar-refractivity contribution in [2.75, 3.05) is 0 Å². The third kappa shape index (κ3) is 3.55. The number of allylic oxidation sites excluding steroid dienone is 1. The van der Waals surface area contributed by atoms with Crippen LogP contribution in [0.2, 0.25) is 0 Å². The lowest BCUT2D eigenvalue weighted by molar-refractivity contribution is -0.226. The number of aliphatic hydroxyl groups is 1. The topological polar surface area (TPSA) is 79.3 Å². The van der Waals surface area contributed by atoms with Gasteiger partial charge in [-0.3, -0.25) is 9.59 Å². The van der Waals surface area contributed by atoms with Crippen LogP contribution in [-0.4, -0.2) is 33.4 Å². The van der Waals surface area contributed by atoms with Crippen LogP contribution in [0.1, 0.15) is 117 Å². The number of nitrogens with zero attached hydrogens (tertiary/aromatic N) is 1. The molecule has 2 N–H and O–H groups in total. The quantitative estimate of drug-likeness (QED) is 0.425. The van der Waals surface area contributed by atoms with E-state index in [1.165, 1.54) is 23.3 Å².